The summed E-state index contributed by atoms with van der Waals surface area (Å²) in [5, 5.41) is 15.4. The van der Waals surface area contributed by atoms with Crippen LogP contribution in [0.5, 0.6) is 5.75 Å². The van der Waals surface area contributed by atoms with Crippen molar-refractivity contribution in [3.05, 3.63) is 70.3 Å². The third kappa shape index (κ3) is 6.40. The summed E-state index contributed by atoms with van der Waals surface area (Å²) in [6.07, 6.45) is 1.59. The highest BCUT2D eigenvalue weighted by molar-refractivity contribution is 6.27. The molecule has 1 heterocycles. The number of fused-ring (bicyclic) bond motifs is 1. The Morgan fingerprint density at radius 3 is 2.32 bits per heavy atom. The molecule has 0 saturated heterocycles. The zero-order valence-electron chi connectivity index (χ0n) is 18.0. The number of hydrogen-bond donors (Lipinski definition) is 2. The van der Waals surface area contributed by atoms with E-state index < -0.39 is 11.9 Å². The molecule has 0 atom stereocenters. The lowest BCUT2D eigenvalue weighted by Gasteiger charge is -2.23. The number of aromatic nitrogens is 2. The number of benzene rings is 2. The molecule has 1 aromatic heterocycles. The summed E-state index contributed by atoms with van der Waals surface area (Å²) in [5.74, 6) is -2.76. The van der Waals surface area contributed by atoms with Gasteiger partial charge in [-0.25, -0.2) is 14.6 Å². The minimum Gasteiger partial charge on any atom is -0.491 e. The molecule has 0 saturated carbocycles. The molecule has 0 aliphatic carbocycles. The van der Waals surface area contributed by atoms with Crippen molar-refractivity contribution in [1.82, 2.24) is 9.55 Å². The van der Waals surface area contributed by atoms with Gasteiger partial charge in [0, 0.05) is 0 Å². The van der Waals surface area contributed by atoms with Crippen LogP contribution in [0.2, 0.25) is 0 Å². The van der Waals surface area contributed by atoms with E-state index in [1.807, 2.05) is 18.2 Å². The molecule has 8 heteroatoms. The van der Waals surface area contributed by atoms with Crippen LogP contribution in [0.1, 0.15) is 31.9 Å². The van der Waals surface area contributed by atoms with E-state index in [1.165, 1.54) is 5.56 Å². The topological polar surface area (TPSA) is 119 Å². The number of para-hydroxylation sites is 1. The number of carboxylic acids is 2. The second-order valence-electron chi connectivity index (χ2n) is 7.97. The number of carboxylic acid groups (broad SMARTS) is 2. The third-order valence-corrected chi connectivity index (χ3v) is 4.45. The van der Waals surface area contributed by atoms with Crippen LogP contribution < -0.4 is 10.3 Å². The molecule has 0 fully saturated rings. The van der Waals surface area contributed by atoms with Gasteiger partial charge in [0.25, 0.3) is 5.56 Å². The highest BCUT2D eigenvalue weighted by Crippen LogP contribution is 2.32. The van der Waals surface area contributed by atoms with E-state index in [-0.39, 0.29) is 11.0 Å². The average Bonchev–Trinajstić information content (AvgIpc) is 2.69. The number of nitrogens with zero attached hydrogens (tertiary/aromatic N) is 2. The van der Waals surface area contributed by atoms with Gasteiger partial charge in [-0.05, 0) is 41.7 Å². The first-order chi connectivity index (χ1) is 14.5. The van der Waals surface area contributed by atoms with Crippen molar-refractivity contribution in [3.63, 3.8) is 0 Å². The summed E-state index contributed by atoms with van der Waals surface area (Å²) < 4.78 is 7.63. The Morgan fingerprint density at radius 1 is 1.06 bits per heavy atom. The second kappa shape index (κ2) is 9.88. The number of aliphatic carboxylic acids is 2. The molecule has 0 spiro atoms. The summed E-state index contributed by atoms with van der Waals surface area (Å²) in [7, 11) is 0. The number of rotatable bonds is 4. The molecule has 0 aliphatic rings. The van der Waals surface area contributed by atoms with E-state index in [9.17, 15) is 4.79 Å². The lowest BCUT2D eigenvalue weighted by molar-refractivity contribution is -0.159. The first-order valence-corrected chi connectivity index (χ1v) is 9.65. The predicted octanol–water partition coefficient (Wildman–Crippen LogP) is 3.24. The fourth-order valence-electron chi connectivity index (χ4n) is 2.89. The molecule has 31 heavy (non-hydrogen) atoms. The standard InChI is InChI=1S/C21H24N2O2.C2H2O4/c1-15-9-10-17(21(2,3)4)19(13-15)25-12-11-23-14-22-18-8-6-5-7-16(18)20(23)24;3-1(4)2(5)6/h5-10,13-14H,11-12H2,1-4H3;(H,3,4)(H,5,6). The van der Waals surface area contributed by atoms with Crippen LogP contribution in [0.3, 0.4) is 0 Å². The summed E-state index contributed by atoms with van der Waals surface area (Å²) in [6, 6.07) is 13.7. The monoisotopic (exact) mass is 426 g/mol. The molecule has 3 rings (SSSR count). The van der Waals surface area contributed by atoms with Crippen molar-refractivity contribution in [2.45, 2.75) is 39.7 Å². The van der Waals surface area contributed by atoms with Gasteiger partial charge in [0.05, 0.1) is 23.8 Å². The Kier molecular flexibility index (Phi) is 7.52. The maximum Gasteiger partial charge on any atom is 0.414 e. The largest absolute Gasteiger partial charge is 0.491 e. The molecule has 0 bridgehead atoms. The van der Waals surface area contributed by atoms with Gasteiger partial charge in [0.2, 0.25) is 0 Å². The summed E-state index contributed by atoms with van der Waals surface area (Å²) >= 11 is 0. The SMILES string of the molecule is Cc1ccc(C(C)(C)C)c(OCCn2cnc3ccccc3c2=O)c1.O=C(O)C(=O)O. The van der Waals surface area contributed by atoms with E-state index >= 15 is 0 Å². The minimum atomic E-state index is -1.82. The maximum absolute atomic E-state index is 12.5. The van der Waals surface area contributed by atoms with Crippen molar-refractivity contribution in [2.75, 3.05) is 6.61 Å². The molecule has 2 N–H and O–H groups in total. The van der Waals surface area contributed by atoms with Gasteiger partial charge in [0.15, 0.2) is 0 Å². The molecular formula is C23H26N2O6. The van der Waals surface area contributed by atoms with E-state index in [4.69, 9.17) is 24.5 Å². The number of carbonyl (C=O) groups is 2. The van der Waals surface area contributed by atoms with Crippen LogP contribution in [-0.2, 0) is 21.5 Å². The highest BCUT2D eigenvalue weighted by atomic mass is 16.5. The second-order valence-corrected chi connectivity index (χ2v) is 7.97. The van der Waals surface area contributed by atoms with E-state index in [0.29, 0.717) is 18.5 Å². The quantitative estimate of drug-likeness (QED) is 0.615. The average molecular weight is 426 g/mol. The molecular weight excluding hydrogens is 400 g/mol. The van der Waals surface area contributed by atoms with Gasteiger partial charge in [-0.1, -0.05) is 45.0 Å². The molecule has 0 amide bonds. The Morgan fingerprint density at radius 2 is 1.71 bits per heavy atom. The van der Waals surface area contributed by atoms with Crippen molar-refractivity contribution in [1.29, 1.82) is 0 Å². The highest BCUT2D eigenvalue weighted by Gasteiger charge is 2.19. The van der Waals surface area contributed by atoms with Crippen molar-refractivity contribution < 1.29 is 24.5 Å². The third-order valence-electron chi connectivity index (χ3n) is 4.45. The first-order valence-electron chi connectivity index (χ1n) is 9.65. The molecule has 0 radical (unpaired) electrons. The van der Waals surface area contributed by atoms with Crippen LogP contribution in [0, 0.1) is 6.92 Å². The van der Waals surface area contributed by atoms with E-state index in [0.717, 1.165) is 16.8 Å². The van der Waals surface area contributed by atoms with Crippen LogP contribution in [0.15, 0.2) is 53.6 Å². The molecule has 164 valence electrons. The Bertz CT molecular complexity index is 1130. The van der Waals surface area contributed by atoms with Crippen molar-refractivity contribution >= 4 is 22.8 Å². The molecule has 0 unspecified atom stereocenters. The molecule has 2 aromatic carbocycles. The van der Waals surface area contributed by atoms with Gasteiger partial charge in [0.1, 0.15) is 12.4 Å². The number of hydrogen-bond acceptors (Lipinski definition) is 5. The van der Waals surface area contributed by atoms with Crippen LogP contribution in [-0.4, -0.2) is 38.3 Å². The van der Waals surface area contributed by atoms with Gasteiger partial charge >= 0.3 is 11.9 Å². The Balaban J connectivity index is 0.000000501. The zero-order chi connectivity index (χ0) is 23.2. The van der Waals surface area contributed by atoms with Gasteiger partial charge < -0.3 is 14.9 Å². The number of ether oxygens (including phenoxy) is 1. The van der Waals surface area contributed by atoms with Crippen molar-refractivity contribution in [2.24, 2.45) is 0 Å². The molecule has 3 aromatic rings. The Hall–Kier alpha value is -3.68. The lowest BCUT2D eigenvalue weighted by Crippen LogP contribution is -2.24. The normalized spacial score (nSPS) is 10.8. The zero-order valence-corrected chi connectivity index (χ0v) is 18.0. The minimum absolute atomic E-state index is 0.00434. The Labute approximate surface area is 179 Å². The van der Waals surface area contributed by atoms with Gasteiger partial charge in [-0.2, -0.15) is 0 Å². The summed E-state index contributed by atoms with van der Waals surface area (Å²) in [4.78, 5) is 35.1. The van der Waals surface area contributed by atoms with Gasteiger partial charge in [-0.15, -0.1) is 0 Å². The fraction of sp³-hybridized carbons (Fsp3) is 0.304. The predicted molar refractivity (Wildman–Crippen MR) is 117 cm³/mol. The number of aryl methyl sites for hydroxylation is 1. The smallest absolute Gasteiger partial charge is 0.414 e. The first kappa shape index (κ1) is 23.6. The molecule has 0 aliphatic heterocycles. The molecule has 8 nitrogen and oxygen atoms in total. The summed E-state index contributed by atoms with van der Waals surface area (Å²) in [6.45, 7) is 9.45. The van der Waals surface area contributed by atoms with Crippen LogP contribution in [0.25, 0.3) is 10.9 Å². The van der Waals surface area contributed by atoms with Crippen LogP contribution >= 0.6 is 0 Å². The lowest BCUT2D eigenvalue weighted by atomic mass is 9.86. The summed E-state index contributed by atoms with van der Waals surface area (Å²) in [5.41, 5.74) is 3.02. The maximum atomic E-state index is 12.5. The van der Waals surface area contributed by atoms with E-state index in [2.05, 4.69) is 50.9 Å². The van der Waals surface area contributed by atoms with Crippen LogP contribution in [0.4, 0.5) is 0 Å². The van der Waals surface area contributed by atoms with Crippen molar-refractivity contribution in [3.8, 4) is 5.75 Å². The van der Waals surface area contributed by atoms with E-state index in [1.54, 1.807) is 17.0 Å². The fourth-order valence-corrected chi connectivity index (χ4v) is 2.89. The van der Waals surface area contributed by atoms with Gasteiger partial charge in [-0.3, -0.25) is 9.36 Å².